The van der Waals surface area contributed by atoms with Crippen LogP contribution in [0.2, 0.25) is 0 Å². The predicted molar refractivity (Wildman–Crippen MR) is 79.1 cm³/mol. The molecular formula is C10H20N7O5P. The van der Waals surface area contributed by atoms with Gasteiger partial charge in [0.25, 0.3) is 11.8 Å². The van der Waals surface area contributed by atoms with E-state index < -0.39 is 19.4 Å². The quantitative estimate of drug-likeness (QED) is 0.183. The van der Waals surface area contributed by atoms with Crippen LogP contribution in [-0.4, -0.2) is 46.2 Å². The van der Waals surface area contributed by atoms with Crippen molar-refractivity contribution in [1.29, 1.82) is 0 Å². The van der Waals surface area contributed by atoms with Gasteiger partial charge in [-0.2, -0.15) is 0 Å². The zero-order chi connectivity index (χ0) is 17.5. The lowest BCUT2D eigenvalue weighted by atomic mass is 10.3. The molecule has 23 heavy (non-hydrogen) atoms. The van der Waals surface area contributed by atoms with Gasteiger partial charge in [-0.05, 0) is 13.8 Å². The van der Waals surface area contributed by atoms with E-state index in [1.54, 1.807) is 13.8 Å². The lowest BCUT2D eigenvalue weighted by Crippen LogP contribution is -2.36. The standard InChI is InChI=1S/C10H20N7O5P/c1-3-21-23(20,22-4-2)6-5-17-8(10(19)14-12)7(15-16-17)9(18)13-11/h3-6,11-12H2,1-2H3,(H,13,18)(H,14,19). The van der Waals surface area contributed by atoms with Crippen molar-refractivity contribution in [3.63, 3.8) is 0 Å². The Morgan fingerprint density at radius 3 is 2.22 bits per heavy atom. The number of hydrogen-bond donors (Lipinski definition) is 4. The number of nitrogens with one attached hydrogen (secondary N) is 2. The zero-order valence-electron chi connectivity index (χ0n) is 12.8. The largest absolute Gasteiger partial charge is 0.332 e. The number of nitrogens with zero attached hydrogens (tertiary/aromatic N) is 3. The van der Waals surface area contributed by atoms with E-state index in [4.69, 9.17) is 20.7 Å². The predicted octanol–water partition coefficient (Wildman–Crippen LogP) is -1.25. The Hall–Kier alpha value is -1.85. The number of aromatic nitrogens is 3. The Balaban J connectivity index is 3.04. The summed E-state index contributed by atoms with van der Waals surface area (Å²) in [5.74, 6) is 8.50. The fraction of sp³-hybridized carbons (Fsp3) is 0.600. The van der Waals surface area contributed by atoms with Crippen LogP contribution in [0.15, 0.2) is 0 Å². The number of amides is 2. The smallest absolute Gasteiger partial charge is 0.309 e. The van der Waals surface area contributed by atoms with Crippen LogP contribution in [0.3, 0.4) is 0 Å². The third-order valence-electron chi connectivity index (χ3n) is 2.66. The molecule has 2 amide bonds. The molecule has 6 N–H and O–H groups in total. The molecule has 13 heteroatoms. The normalized spacial score (nSPS) is 11.3. The van der Waals surface area contributed by atoms with Crippen molar-refractivity contribution in [3.8, 4) is 0 Å². The van der Waals surface area contributed by atoms with Gasteiger partial charge in [0.2, 0.25) is 0 Å². The van der Waals surface area contributed by atoms with Gasteiger partial charge < -0.3 is 9.05 Å². The lowest BCUT2D eigenvalue weighted by molar-refractivity contribution is 0.0910. The van der Waals surface area contributed by atoms with E-state index in [-0.39, 0.29) is 37.3 Å². The third-order valence-corrected chi connectivity index (χ3v) is 4.72. The Morgan fingerprint density at radius 2 is 1.74 bits per heavy atom. The van der Waals surface area contributed by atoms with Crippen LogP contribution in [0.1, 0.15) is 34.8 Å². The van der Waals surface area contributed by atoms with E-state index in [1.165, 1.54) is 0 Å². The number of hydrazine groups is 2. The molecule has 0 aliphatic heterocycles. The molecule has 0 saturated heterocycles. The third kappa shape index (κ3) is 4.81. The number of nitrogen functional groups attached to an aromatic ring is 2. The summed E-state index contributed by atoms with van der Waals surface area (Å²) in [4.78, 5) is 23.4. The molecule has 1 aromatic rings. The number of hydrogen-bond acceptors (Lipinski definition) is 9. The summed E-state index contributed by atoms with van der Waals surface area (Å²) in [6.45, 7) is 3.72. The molecule has 0 aliphatic carbocycles. The van der Waals surface area contributed by atoms with Gasteiger partial charge in [0, 0.05) is 0 Å². The first-order valence-corrected chi connectivity index (χ1v) is 8.48. The summed E-state index contributed by atoms with van der Waals surface area (Å²) in [5, 5.41) is 7.26. The highest BCUT2D eigenvalue weighted by Gasteiger charge is 2.28. The fourth-order valence-corrected chi connectivity index (χ4v) is 3.31. The molecule has 0 aromatic carbocycles. The first-order valence-electron chi connectivity index (χ1n) is 6.75. The van der Waals surface area contributed by atoms with Gasteiger partial charge >= 0.3 is 7.60 Å². The number of aryl methyl sites for hydroxylation is 1. The molecule has 1 rings (SSSR count). The molecule has 0 fully saturated rings. The van der Waals surface area contributed by atoms with Crippen molar-refractivity contribution >= 4 is 19.4 Å². The van der Waals surface area contributed by atoms with E-state index in [1.807, 2.05) is 10.9 Å². The lowest BCUT2D eigenvalue weighted by Gasteiger charge is -2.17. The minimum atomic E-state index is -3.34. The van der Waals surface area contributed by atoms with Gasteiger partial charge in [-0.15, -0.1) is 5.10 Å². The summed E-state index contributed by atoms with van der Waals surface area (Å²) >= 11 is 0. The van der Waals surface area contributed by atoms with Gasteiger partial charge in [0.05, 0.1) is 25.9 Å². The number of rotatable bonds is 9. The maximum atomic E-state index is 12.4. The van der Waals surface area contributed by atoms with Crippen LogP contribution in [0.5, 0.6) is 0 Å². The first-order chi connectivity index (χ1) is 10.9. The van der Waals surface area contributed by atoms with Crippen LogP contribution < -0.4 is 22.5 Å². The Kier molecular flexibility index (Phi) is 7.26. The van der Waals surface area contributed by atoms with E-state index >= 15 is 0 Å². The highest BCUT2D eigenvalue weighted by atomic mass is 31.2. The Morgan fingerprint density at radius 1 is 1.17 bits per heavy atom. The topological polar surface area (TPSA) is 176 Å². The zero-order valence-corrected chi connectivity index (χ0v) is 13.7. The van der Waals surface area contributed by atoms with Crippen molar-refractivity contribution in [2.75, 3.05) is 19.4 Å². The van der Waals surface area contributed by atoms with Gasteiger partial charge in [-0.3, -0.25) is 25.0 Å². The van der Waals surface area contributed by atoms with Gasteiger partial charge in [0.15, 0.2) is 11.4 Å². The van der Waals surface area contributed by atoms with E-state index in [2.05, 4.69) is 10.3 Å². The summed E-state index contributed by atoms with van der Waals surface area (Å²) < 4.78 is 23.8. The van der Waals surface area contributed by atoms with E-state index in [0.717, 1.165) is 4.68 Å². The van der Waals surface area contributed by atoms with Crippen molar-refractivity contribution in [2.45, 2.75) is 20.4 Å². The number of carbonyl (C=O) groups excluding carboxylic acids is 2. The second-order valence-electron chi connectivity index (χ2n) is 4.13. The van der Waals surface area contributed by atoms with Crippen molar-refractivity contribution in [2.24, 2.45) is 11.7 Å². The fourth-order valence-electron chi connectivity index (χ4n) is 1.76. The summed E-state index contributed by atoms with van der Waals surface area (Å²) in [5.41, 5.74) is 3.21. The van der Waals surface area contributed by atoms with E-state index in [0.29, 0.717) is 0 Å². The SMILES string of the molecule is CCOP(=O)(CCn1nnc(C(=O)NN)c1C(=O)NN)OCC. The van der Waals surface area contributed by atoms with Crippen LogP contribution >= 0.6 is 7.60 Å². The average Bonchev–Trinajstić information content (AvgIpc) is 2.96. The van der Waals surface area contributed by atoms with Gasteiger partial charge in [-0.1, -0.05) is 5.21 Å². The molecule has 0 atom stereocenters. The molecule has 1 aromatic heterocycles. The van der Waals surface area contributed by atoms with Crippen molar-refractivity contribution in [3.05, 3.63) is 11.4 Å². The second kappa shape index (κ2) is 8.70. The molecule has 0 unspecified atom stereocenters. The van der Waals surface area contributed by atoms with Crippen LogP contribution in [-0.2, 0) is 20.2 Å². The minimum Gasteiger partial charge on any atom is -0.309 e. The summed E-state index contributed by atoms with van der Waals surface area (Å²) in [6, 6.07) is 0. The van der Waals surface area contributed by atoms with Crippen LogP contribution in [0.25, 0.3) is 0 Å². The molecule has 0 saturated carbocycles. The Labute approximate surface area is 132 Å². The molecule has 130 valence electrons. The van der Waals surface area contributed by atoms with E-state index in [9.17, 15) is 14.2 Å². The highest BCUT2D eigenvalue weighted by molar-refractivity contribution is 7.53. The molecular weight excluding hydrogens is 329 g/mol. The molecule has 1 heterocycles. The van der Waals surface area contributed by atoms with Crippen molar-refractivity contribution in [1.82, 2.24) is 25.8 Å². The number of nitrogens with two attached hydrogens (primary N) is 2. The number of carbonyl (C=O) groups is 2. The molecule has 0 bridgehead atoms. The molecule has 0 spiro atoms. The second-order valence-corrected chi connectivity index (χ2v) is 6.31. The molecule has 12 nitrogen and oxygen atoms in total. The summed E-state index contributed by atoms with van der Waals surface area (Å²) in [7, 11) is -3.34. The monoisotopic (exact) mass is 349 g/mol. The van der Waals surface area contributed by atoms with Crippen LogP contribution in [0.4, 0.5) is 0 Å². The maximum absolute atomic E-state index is 12.4. The molecule has 0 radical (unpaired) electrons. The Bertz CT molecular complexity index is 594. The summed E-state index contributed by atoms with van der Waals surface area (Å²) in [6.07, 6.45) is -0.0629. The maximum Gasteiger partial charge on any atom is 0.332 e. The van der Waals surface area contributed by atoms with Gasteiger partial charge in [0.1, 0.15) is 0 Å². The van der Waals surface area contributed by atoms with Crippen LogP contribution in [0, 0.1) is 0 Å². The van der Waals surface area contributed by atoms with Gasteiger partial charge in [-0.25, -0.2) is 16.4 Å². The average molecular weight is 349 g/mol. The highest BCUT2D eigenvalue weighted by Crippen LogP contribution is 2.47. The first kappa shape index (κ1) is 19.2. The minimum absolute atomic E-state index is 0.0368. The van der Waals surface area contributed by atoms with Crippen molar-refractivity contribution < 1.29 is 23.2 Å². The molecule has 0 aliphatic rings.